The van der Waals surface area contributed by atoms with Crippen molar-refractivity contribution >= 4 is 14.0 Å². The average molecular weight is 311 g/mol. The highest BCUT2D eigenvalue weighted by Crippen LogP contribution is 2.19. The van der Waals surface area contributed by atoms with Gasteiger partial charge in [0.15, 0.2) is 5.69 Å². The summed E-state index contributed by atoms with van der Waals surface area (Å²) in [6, 6.07) is 1.13. The Morgan fingerprint density at radius 2 is 2.19 bits per heavy atom. The third-order valence-electron chi connectivity index (χ3n) is 3.60. The van der Waals surface area contributed by atoms with Gasteiger partial charge in [0, 0.05) is 45.4 Å². The standard InChI is InChI=1S/C14H25N3O3Si/c1-19-14(18)13-11-9-15-6-5-12(11)17(16-13)10-20-7-8-21(2,3)4/h15H,5-10H2,1-4H3. The van der Waals surface area contributed by atoms with Crippen molar-refractivity contribution in [3.8, 4) is 0 Å². The zero-order valence-corrected chi connectivity index (χ0v) is 14.4. The minimum atomic E-state index is -1.08. The summed E-state index contributed by atoms with van der Waals surface area (Å²) in [7, 11) is 0.302. The highest BCUT2D eigenvalue weighted by molar-refractivity contribution is 6.76. The number of ether oxygens (including phenoxy) is 2. The molecule has 0 unspecified atom stereocenters. The van der Waals surface area contributed by atoms with Gasteiger partial charge in [0.05, 0.1) is 7.11 Å². The Morgan fingerprint density at radius 3 is 2.86 bits per heavy atom. The summed E-state index contributed by atoms with van der Waals surface area (Å²) < 4.78 is 12.4. The molecule has 0 saturated heterocycles. The summed E-state index contributed by atoms with van der Waals surface area (Å²) >= 11 is 0. The van der Waals surface area contributed by atoms with E-state index in [4.69, 9.17) is 9.47 Å². The van der Waals surface area contributed by atoms with Crippen LogP contribution in [0.1, 0.15) is 21.7 Å². The Bertz CT molecular complexity index is 508. The van der Waals surface area contributed by atoms with Gasteiger partial charge in [-0.25, -0.2) is 9.48 Å². The second kappa shape index (κ2) is 6.72. The lowest BCUT2D eigenvalue weighted by Gasteiger charge is -2.17. The lowest BCUT2D eigenvalue weighted by Crippen LogP contribution is -2.26. The molecule has 118 valence electrons. The molecule has 6 nitrogen and oxygen atoms in total. The SMILES string of the molecule is COC(=O)c1nn(COCC[Si](C)(C)C)c2c1CNCC2. The normalized spacial score (nSPS) is 14.9. The van der Waals surface area contributed by atoms with Gasteiger partial charge >= 0.3 is 5.97 Å². The van der Waals surface area contributed by atoms with Gasteiger partial charge in [-0.1, -0.05) is 19.6 Å². The van der Waals surface area contributed by atoms with Crippen molar-refractivity contribution in [3.63, 3.8) is 0 Å². The van der Waals surface area contributed by atoms with Crippen LogP contribution in [-0.4, -0.2) is 44.1 Å². The smallest absolute Gasteiger partial charge is 0.358 e. The van der Waals surface area contributed by atoms with Crippen molar-refractivity contribution in [2.24, 2.45) is 0 Å². The number of carbonyl (C=O) groups excluding carboxylic acids is 1. The molecular formula is C14H25N3O3Si. The predicted molar refractivity (Wildman–Crippen MR) is 83.1 cm³/mol. The number of aromatic nitrogens is 2. The summed E-state index contributed by atoms with van der Waals surface area (Å²) in [6.45, 7) is 9.69. The first-order valence-electron chi connectivity index (χ1n) is 7.38. The predicted octanol–water partition coefficient (Wildman–Crippen LogP) is 1.63. The Morgan fingerprint density at radius 1 is 1.43 bits per heavy atom. The van der Waals surface area contributed by atoms with Crippen LogP contribution in [-0.2, 0) is 29.2 Å². The quantitative estimate of drug-likeness (QED) is 0.491. The van der Waals surface area contributed by atoms with E-state index >= 15 is 0 Å². The topological polar surface area (TPSA) is 65.4 Å². The molecule has 0 amide bonds. The minimum absolute atomic E-state index is 0.379. The molecule has 0 bridgehead atoms. The van der Waals surface area contributed by atoms with Crippen LogP contribution in [0.15, 0.2) is 0 Å². The number of carbonyl (C=O) groups is 1. The van der Waals surface area contributed by atoms with E-state index in [0.29, 0.717) is 19.0 Å². The van der Waals surface area contributed by atoms with Gasteiger partial charge in [-0.3, -0.25) is 0 Å². The van der Waals surface area contributed by atoms with Crippen LogP contribution in [0.3, 0.4) is 0 Å². The second-order valence-corrected chi connectivity index (χ2v) is 12.2. The van der Waals surface area contributed by atoms with E-state index in [1.165, 1.54) is 7.11 Å². The molecule has 2 heterocycles. The van der Waals surface area contributed by atoms with Gasteiger partial charge in [-0.2, -0.15) is 5.10 Å². The molecule has 0 aromatic carbocycles. The molecule has 0 spiro atoms. The molecule has 0 fully saturated rings. The molecule has 1 aliphatic heterocycles. The van der Waals surface area contributed by atoms with E-state index < -0.39 is 8.07 Å². The molecule has 0 aliphatic carbocycles. The van der Waals surface area contributed by atoms with Crippen LogP contribution >= 0.6 is 0 Å². The number of esters is 1. The number of nitrogens with one attached hydrogen (secondary N) is 1. The van der Waals surface area contributed by atoms with Gasteiger partial charge in [-0.05, 0) is 6.04 Å². The highest BCUT2D eigenvalue weighted by Gasteiger charge is 2.25. The van der Waals surface area contributed by atoms with Gasteiger partial charge in [-0.15, -0.1) is 0 Å². The van der Waals surface area contributed by atoms with Crippen LogP contribution < -0.4 is 5.32 Å². The molecule has 1 aliphatic rings. The van der Waals surface area contributed by atoms with Crippen molar-refractivity contribution in [3.05, 3.63) is 17.0 Å². The van der Waals surface area contributed by atoms with Gasteiger partial charge < -0.3 is 14.8 Å². The van der Waals surface area contributed by atoms with Crippen molar-refractivity contribution < 1.29 is 14.3 Å². The number of rotatable bonds is 6. The molecule has 21 heavy (non-hydrogen) atoms. The molecule has 1 aromatic heterocycles. The summed E-state index contributed by atoms with van der Waals surface area (Å²) in [4.78, 5) is 11.8. The average Bonchev–Trinajstić information content (AvgIpc) is 2.81. The molecule has 1 N–H and O–H groups in total. The Kier molecular flexibility index (Phi) is 5.18. The van der Waals surface area contributed by atoms with E-state index in [-0.39, 0.29) is 5.97 Å². The summed E-state index contributed by atoms with van der Waals surface area (Å²) in [5.74, 6) is -0.379. The first kappa shape index (κ1) is 16.2. The maximum absolute atomic E-state index is 11.8. The fourth-order valence-corrected chi connectivity index (χ4v) is 3.07. The third-order valence-corrected chi connectivity index (χ3v) is 5.30. The summed E-state index contributed by atoms with van der Waals surface area (Å²) in [5, 5.41) is 7.65. The Labute approximate surface area is 126 Å². The summed E-state index contributed by atoms with van der Waals surface area (Å²) in [5.41, 5.74) is 2.44. The molecule has 0 radical (unpaired) electrons. The zero-order valence-electron chi connectivity index (χ0n) is 13.4. The molecule has 1 aromatic rings. The molecule has 2 rings (SSSR count). The molecule has 0 saturated carbocycles. The number of nitrogens with zero attached hydrogens (tertiary/aromatic N) is 2. The summed E-state index contributed by atoms with van der Waals surface area (Å²) in [6.07, 6.45) is 0.858. The van der Waals surface area contributed by atoms with Crippen LogP contribution in [0.5, 0.6) is 0 Å². The van der Waals surface area contributed by atoms with Gasteiger partial charge in [0.2, 0.25) is 0 Å². The fourth-order valence-electron chi connectivity index (χ4n) is 2.32. The first-order valence-corrected chi connectivity index (χ1v) is 11.1. The van der Waals surface area contributed by atoms with E-state index in [9.17, 15) is 4.79 Å². The van der Waals surface area contributed by atoms with Crippen molar-refractivity contribution in [2.45, 2.75) is 45.4 Å². The van der Waals surface area contributed by atoms with Crippen LogP contribution in [0.25, 0.3) is 0 Å². The van der Waals surface area contributed by atoms with Gasteiger partial charge in [0.25, 0.3) is 0 Å². The second-order valence-electron chi connectivity index (χ2n) is 6.54. The van der Waals surface area contributed by atoms with E-state index in [1.807, 2.05) is 4.68 Å². The minimum Gasteiger partial charge on any atom is -0.464 e. The third kappa shape index (κ3) is 4.15. The fraction of sp³-hybridized carbons (Fsp3) is 0.714. The van der Waals surface area contributed by atoms with E-state index in [0.717, 1.165) is 36.9 Å². The lowest BCUT2D eigenvalue weighted by molar-refractivity contribution is 0.0581. The van der Waals surface area contributed by atoms with Crippen LogP contribution in [0.2, 0.25) is 25.7 Å². The molecular weight excluding hydrogens is 286 g/mol. The maximum atomic E-state index is 11.8. The molecule has 7 heteroatoms. The Hall–Kier alpha value is -1.18. The molecule has 0 atom stereocenters. The van der Waals surface area contributed by atoms with E-state index in [1.54, 1.807) is 0 Å². The van der Waals surface area contributed by atoms with Crippen molar-refractivity contribution in [2.75, 3.05) is 20.3 Å². The number of hydrogen-bond acceptors (Lipinski definition) is 5. The lowest BCUT2D eigenvalue weighted by atomic mass is 10.1. The van der Waals surface area contributed by atoms with E-state index in [2.05, 4.69) is 30.1 Å². The first-order chi connectivity index (χ1) is 9.92. The Balaban J connectivity index is 2.05. The number of fused-ring (bicyclic) bond motifs is 1. The largest absolute Gasteiger partial charge is 0.464 e. The maximum Gasteiger partial charge on any atom is 0.358 e. The van der Waals surface area contributed by atoms with Gasteiger partial charge in [0.1, 0.15) is 6.73 Å². The zero-order chi connectivity index (χ0) is 15.5. The number of methoxy groups -OCH3 is 1. The highest BCUT2D eigenvalue weighted by atomic mass is 28.3. The monoisotopic (exact) mass is 311 g/mol. The van der Waals surface area contributed by atoms with Crippen LogP contribution in [0, 0.1) is 0 Å². The van der Waals surface area contributed by atoms with Crippen LogP contribution in [0.4, 0.5) is 0 Å². The van der Waals surface area contributed by atoms with Crippen molar-refractivity contribution in [1.82, 2.24) is 15.1 Å². The van der Waals surface area contributed by atoms with Crippen molar-refractivity contribution in [1.29, 1.82) is 0 Å². The number of hydrogen-bond donors (Lipinski definition) is 1.